The summed E-state index contributed by atoms with van der Waals surface area (Å²) >= 11 is 7.60. The number of rotatable bonds is 4. The van der Waals surface area contributed by atoms with Gasteiger partial charge < -0.3 is 0 Å². The Hall–Kier alpha value is 0.140. The van der Waals surface area contributed by atoms with Gasteiger partial charge >= 0.3 is 0 Å². The first-order chi connectivity index (χ1) is 5.83. The fourth-order valence-electron chi connectivity index (χ4n) is 0.338. The van der Waals surface area contributed by atoms with Crippen LogP contribution in [0, 0.1) is 24.7 Å². The first kappa shape index (κ1) is 14.7. The third kappa shape index (κ3) is 22.5. The minimum absolute atomic E-state index is 0.685. The molecule has 0 nitrogen and oxygen atoms in total. The molecule has 0 atom stereocenters. The number of hydrogen-bond donors (Lipinski definition) is 0. The van der Waals surface area contributed by atoms with Crippen LogP contribution in [0.3, 0.4) is 0 Å². The molecule has 0 heterocycles. The van der Waals surface area contributed by atoms with Gasteiger partial charge in [-0.05, 0) is 12.8 Å². The van der Waals surface area contributed by atoms with Crippen LogP contribution in [0.25, 0.3) is 0 Å². The van der Waals surface area contributed by atoms with E-state index in [1.165, 1.54) is 4.43 Å². The van der Waals surface area contributed by atoms with Gasteiger partial charge in [0.2, 0.25) is 0 Å². The van der Waals surface area contributed by atoms with Crippen molar-refractivity contribution in [1.82, 2.24) is 0 Å². The monoisotopic (exact) mass is 296 g/mol. The van der Waals surface area contributed by atoms with Gasteiger partial charge in [-0.1, -0.05) is 22.6 Å². The lowest BCUT2D eigenvalue weighted by molar-refractivity contribution is 0.992. The summed E-state index contributed by atoms with van der Waals surface area (Å²) in [6.07, 6.45) is 13.7. The molecule has 0 aromatic heterocycles. The van der Waals surface area contributed by atoms with Crippen molar-refractivity contribution in [3.05, 3.63) is 0 Å². The highest BCUT2D eigenvalue weighted by Crippen LogP contribution is 1.90. The Morgan fingerprint density at radius 3 is 1.75 bits per heavy atom. The van der Waals surface area contributed by atoms with Crippen molar-refractivity contribution >= 4 is 34.2 Å². The zero-order valence-electron chi connectivity index (χ0n) is 7.15. The van der Waals surface area contributed by atoms with E-state index in [1.807, 2.05) is 0 Å². The summed E-state index contributed by atoms with van der Waals surface area (Å²) in [5.41, 5.74) is 0. The molecule has 0 N–H and O–H groups in total. The molecule has 0 aliphatic heterocycles. The number of unbranched alkanes of at least 4 members (excludes halogenated alkanes) is 2. The van der Waals surface area contributed by atoms with Crippen LogP contribution in [0.2, 0.25) is 0 Å². The summed E-state index contributed by atoms with van der Waals surface area (Å²) in [7, 11) is 0. The van der Waals surface area contributed by atoms with Crippen molar-refractivity contribution in [3.8, 4) is 24.7 Å². The molecule has 0 radical (unpaired) electrons. The minimum Gasteiger partial charge on any atom is -0.127 e. The topological polar surface area (TPSA) is 0 Å². The minimum atomic E-state index is 0.685. The van der Waals surface area contributed by atoms with E-state index in [0.717, 1.165) is 25.7 Å². The SMILES string of the molecule is C#CCCCCl.C#CCCCI. The second-order valence-corrected chi connectivity index (χ2v) is 3.45. The summed E-state index contributed by atoms with van der Waals surface area (Å²) in [5.74, 6) is 5.73. The maximum Gasteiger partial charge on any atom is 0.0232 e. The Morgan fingerprint density at radius 2 is 1.58 bits per heavy atom. The summed E-state index contributed by atoms with van der Waals surface area (Å²) in [6.45, 7) is 0. The second kappa shape index (κ2) is 17.3. The molecular formula is C10H14ClI. The van der Waals surface area contributed by atoms with Crippen molar-refractivity contribution in [3.63, 3.8) is 0 Å². The summed E-state index contributed by atoms with van der Waals surface area (Å²) in [4.78, 5) is 0. The highest BCUT2D eigenvalue weighted by Gasteiger charge is 1.73. The van der Waals surface area contributed by atoms with Crippen LogP contribution in [0.15, 0.2) is 0 Å². The fraction of sp³-hybridized carbons (Fsp3) is 0.600. The molecule has 68 valence electrons. The smallest absolute Gasteiger partial charge is 0.0232 e. The molecule has 0 aliphatic rings. The number of terminal acetylenes is 2. The maximum atomic E-state index is 5.28. The second-order valence-electron chi connectivity index (χ2n) is 1.99. The van der Waals surface area contributed by atoms with E-state index in [0.29, 0.717) is 5.88 Å². The van der Waals surface area contributed by atoms with E-state index in [9.17, 15) is 0 Å². The molecule has 0 aromatic rings. The van der Waals surface area contributed by atoms with Crippen molar-refractivity contribution < 1.29 is 0 Å². The summed E-state index contributed by atoms with van der Waals surface area (Å²) < 4.78 is 1.18. The largest absolute Gasteiger partial charge is 0.127 e. The zero-order valence-corrected chi connectivity index (χ0v) is 10.1. The van der Waals surface area contributed by atoms with Gasteiger partial charge in [-0.2, -0.15) is 0 Å². The van der Waals surface area contributed by atoms with Gasteiger partial charge in [0, 0.05) is 23.1 Å². The lowest BCUT2D eigenvalue weighted by atomic mass is 10.4. The Labute approximate surface area is 94.6 Å². The average molecular weight is 297 g/mol. The van der Waals surface area contributed by atoms with Gasteiger partial charge in [-0.15, -0.1) is 36.3 Å². The van der Waals surface area contributed by atoms with Gasteiger partial charge in [-0.25, -0.2) is 0 Å². The third-order valence-electron chi connectivity index (χ3n) is 0.909. The number of halogens is 2. The van der Waals surface area contributed by atoms with Crippen LogP contribution >= 0.6 is 34.2 Å². The van der Waals surface area contributed by atoms with E-state index in [-0.39, 0.29) is 0 Å². The Morgan fingerprint density at radius 1 is 1.08 bits per heavy atom. The Bertz CT molecular complexity index is 123. The lowest BCUT2D eigenvalue weighted by Gasteiger charge is -1.78. The molecule has 0 aromatic carbocycles. The predicted molar refractivity (Wildman–Crippen MR) is 65.7 cm³/mol. The molecule has 0 saturated carbocycles. The Kier molecular flexibility index (Phi) is 21.1. The van der Waals surface area contributed by atoms with Crippen molar-refractivity contribution in [2.24, 2.45) is 0 Å². The average Bonchev–Trinajstić information content (AvgIpc) is 2.12. The van der Waals surface area contributed by atoms with Crippen LogP contribution in [0.4, 0.5) is 0 Å². The quantitative estimate of drug-likeness (QED) is 0.322. The molecule has 0 rings (SSSR count). The van der Waals surface area contributed by atoms with E-state index in [2.05, 4.69) is 34.4 Å². The van der Waals surface area contributed by atoms with E-state index in [1.54, 1.807) is 0 Å². The molecule has 0 bridgehead atoms. The van der Waals surface area contributed by atoms with Crippen LogP contribution < -0.4 is 0 Å². The van der Waals surface area contributed by atoms with Crippen LogP contribution in [0.1, 0.15) is 25.7 Å². The normalized spacial score (nSPS) is 7.33. The fourth-order valence-corrected chi connectivity index (χ4v) is 0.853. The third-order valence-corrected chi connectivity index (χ3v) is 1.94. The number of hydrogen-bond acceptors (Lipinski definition) is 0. The van der Waals surface area contributed by atoms with Crippen LogP contribution in [-0.2, 0) is 0 Å². The Balaban J connectivity index is 0. The van der Waals surface area contributed by atoms with Gasteiger partial charge in [0.25, 0.3) is 0 Å². The molecule has 2 heteroatoms. The van der Waals surface area contributed by atoms with E-state index < -0.39 is 0 Å². The van der Waals surface area contributed by atoms with Gasteiger partial charge in [-0.3, -0.25) is 0 Å². The predicted octanol–water partition coefficient (Wildman–Crippen LogP) is 3.47. The molecule has 0 amide bonds. The highest BCUT2D eigenvalue weighted by atomic mass is 127. The highest BCUT2D eigenvalue weighted by molar-refractivity contribution is 14.1. The molecular weight excluding hydrogens is 282 g/mol. The molecule has 0 fully saturated rings. The first-order valence-electron chi connectivity index (χ1n) is 3.82. The molecule has 0 aliphatic carbocycles. The van der Waals surface area contributed by atoms with Crippen LogP contribution in [-0.4, -0.2) is 10.3 Å². The lowest BCUT2D eigenvalue weighted by Crippen LogP contribution is -1.68. The van der Waals surface area contributed by atoms with Gasteiger partial charge in [0.15, 0.2) is 0 Å². The molecule has 0 spiro atoms. The van der Waals surface area contributed by atoms with E-state index >= 15 is 0 Å². The summed E-state index contributed by atoms with van der Waals surface area (Å²) in [5, 5.41) is 0. The van der Waals surface area contributed by atoms with Crippen molar-refractivity contribution in [1.29, 1.82) is 0 Å². The maximum absolute atomic E-state index is 5.28. The molecule has 0 unspecified atom stereocenters. The zero-order chi connectivity index (χ0) is 9.66. The molecule has 12 heavy (non-hydrogen) atoms. The first-order valence-corrected chi connectivity index (χ1v) is 5.88. The summed E-state index contributed by atoms with van der Waals surface area (Å²) in [6, 6.07) is 0. The van der Waals surface area contributed by atoms with Crippen molar-refractivity contribution in [2.45, 2.75) is 25.7 Å². The van der Waals surface area contributed by atoms with Gasteiger partial charge in [0.1, 0.15) is 0 Å². The van der Waals surface area contributed by atoms with Gasteiger partial charge in [0.05, 0.1) is 0 Å². The van der Waals surface area contributed by atoms with E-state index in [4.69, 9.17) is 24.4 Å². The molecule has 0 saturated heterocycles. The van der Waals surface area contributed by atoms with Crippen LogP contribution in [0.5, 0.6) is 0 Å². The number of alkyl halides is 2. The standard InChI is InChI=1S/C5H7Cl.C5H7I/c2*1-2-3-4-5-6/h2*1H,3-5H2. The van der Waals surface area contributed by atoms with Crippen molar-refractivity contribution in [2.75, 3.05) is 10.3 Å².